The molecule has 2 aromatic heterocycles. The van der Waals surface area contributed by atoms with Crippen molar-refractivity contribution in [3.8, 4) is 16.9 Å². The number of hydrogen-bond acceptors (Lipinski definition) is 8. The summed E-state index contributed by atoms with van der Waals surface area (Å²) in [5.74, 6) is 0.676. The molecule has 1 saturated heterocycles. The van der Waals surface area contributed by atoms with Gasteiger partial charge in [0.25, 0.3) is 5.91 Å². The first kappa shape index (κ1) is 23.1. The van der Waals surface area contributed by atoms with E-state index in [1.54, 1.807) is 24.3 Å². The number of phenols is 1. The van der Waals surface area contributed by atoms with E-state index in [0.717, 1.165) is 30.8 Å². The van der Waals surface area contributed by atoms with E-state index in [1.165, 1.54) is 18.9 Å². The first-order valence-electron chi connectivity index (χ1n) is 11.5. The van der Waals surface area contributed by atoms with E-state index in [0.29, 0.717) is 34.0 Å². The van der Waals surface area contributed by atoms with Gasteiger partial charge in [-0.15, -0.1) is 10.2 Å². The number of amides is 1. The van der Waals surface area contributed by atoms with Gasteiger partial charge >= 0.3 is 0 Å². The van der Waals surface area contributed by atoms with Crippen LogP contribution in [-0.4, -0.2) is 57.3 Å². The molecule has 1 aliphatic heterocycles. The molecule has 5 rings (SSSR count). The maximum atomic E-state index is 12.4. The highest BCUT2D eigenvalue weighted by Crippen LogP contribution is 2.33. The van der Waals surface area contributed by atoms with E-state index in [9.17, 15) is 9.90 Å². The molecule has 1 aliphatic rings. The second-order valence-electron chi connectivity index (χ2n) is 8.55. The SMILES string of the molecule is Cc1cc(-c2cc(O)ccc2Cl)cc2nnc(Nc3ccc(C(=O)NCCN4CCCC4)o3)nc12. The van der Waals surface area contributed by atoms with E-state index in [2.05, 4.69) is 30.7 Å². The topological polar surface area (TPSA) is 116 Å². The van der Waals surface area contributed by atoms with Crippen LogP contribution in [0.4, 0.5) is 11.8 Å². The number of anilines is 2. The molecule has 1 amide bonds. The highest BCUT2D eigenvalue weighted by molar-refractivity contribution is 6.33. The molecule has 35 heavy (non-hydrogen) atoms. The number of carbonyl (C=O) groups is 1. The van der Waals surface area contributed by atoms with E-state index in [-0.39, 0.29) is 23.4 Å². The Labute approximate surface area is 207 Å². The Bertz CT molecular complexity index is 1380. The number of fused-ring (bicyclic) bond motifs is 1. The van der Waals surface area contributed by atoms with E-state index >= 15 is 0 Å². The lowest BCUT2D eigenvalue weighted by Gasteiger charge is -2.14. The van der Waals surface area contributed by atoms with Crippen molar-refractivity contribution in [2.45, 2.75) is 19.8 Å². The predicted octanol–water partition coefficient (Wildman–Crippen LogP) is 4.52. The summed E-state index contributed by atoms with van der Waals surface area (Å²) < 4.78 is 5.63. The molecule has 4 aromatic rings. The number of furan rings is 1. The molecule has 9 nitrogen and oxygen atoms in total. The van der Waals surface area contributed by atoms with Crippen molar-refractivity contribution >= 4 is 40.4 Å². The van der Waals surface area contributed by atoms with Crippen molar-refractivity contribution in [1.29, 1.82) is 0 Å². The predicted molar refractivity (Wildman–Crippen MR) is 134 cm³/mol. The molecule has 10 heteroatoms. The third-order valence-corrected chi connectivity index (χ3v) is 6.32. The van der Waals surface area contributed by atoms with Crippen LogP contribution in [0.1, 0.15) is 29.0 Å². The standard InChI is InChI=1S/C25H25ClN6O3/c1-15-12-16(18-14-17(33)4-5-19(18)26)13-20-23(15)29-25(31-30-20)28-22-7-6-21(35-22)24(34)27-8-11-32-9-2-3-10-32/h4-7,12-14,33H,2-3,8-11H2,1H3,(H,27,34)(H,28,29,31). The van der Waals surface area contributed by atoms with Gasteiger partial charge in [0.2, 0.25) is 11.8 Å². The average molecular weight is 493 g/mol. The number of phenolic OH excluding ortho intramolecular Hbond substituents is 1. The van der Waals surface area contributed by atoms with Gasteiger partial charge in [0.1, 0.15) is 11.3 Å². The van der Waals surface area contributed by atoms with Gasteiger partial charge in [-0.3, -0.25) is 10.1 Å². The number of halogens is 1. The number of nitrogens with zero attached hydrogens (tertiary/aromatic N) is 4. The molecule has 0 bridgehead atoms. The lowest BCUT2D eigenvalue weighted by Crippen LogP contribution is -2.33. The van der Waals surface area contributed by atoms with Crippen LogP contribution in [0.15, 0.2) is 46.9 Å². The Kier molecular flexibility index (Phi) is 6.52. The molecule has 0 radical (unpaired) electrons. The van der Waals surface area contributed by atoms with Gasteiger partial charge in [-0.05, 0) is 80.4 Å². The highest BCUT2D eigenvalue weighted by Gasteiger charge is 2.15. The number of nitrogens with one attached hydrogen (secondary N) is 2. The lowest BCUT2D eigenvalue weighted by atomic mass is 10.0. The van der Waals surface area contributed by atoms with Gasteiger partial charge in [-0.1, -0.05) is 11.6 Å². The third kappa shape index (κ3) is 5.21. The zero-order valence-corrected chi connectivity index (χ0v) is 20.0. The van der Waals surface area contributed by atoms with Gasteiger partial charge in [0.15, 0.2) is 5.76 Å². The quantitative estimate of drug-likeness (QED) is 0.345. The maximum Gasteiger partial charge on any atom is 0.287 e. The first-order chi connectivity index (χ1) is 17.0. The Hall–Kier alpha value is -3.69. The summed E-state index contributed by atoms with van der Waals surface area (Å²) in [7, 11) is 0. The van der Waals surface area contributed by atoms with Gasteiger partial charge < -0.3 is 19.7 Å². The molecule has 3 heterocycles. The molecule has 2 aromatic carbocycles. The molecular formula is C25H25ClN6O3. The van der Waals surface area contributed by atoms with Crippen molar-refractivity contribution in [1.82, 2.24) is 25.4 Å². The van der Waals surface area contributed by atoms with Crippen LogP contribution < -0.4 is 10.6 Å². The molecule has 0 atom stereocenters. The maximum absolute atomic E-state index is 12.4. The van der Waals surface area contributed by atoms with Crippen molar-refractivity contribution < 1.29 is 14.3 Å². The first-order valence-corrected chi connectivity index (χ1v) is 11.9. The summed E-state index contributed by atoms with van der Waals surface area (Å²) in [6, 6.07) is 11.8. The molecule has 3 N–H and O–H groups in total. The fourth-order valence-electron chi connectivity index (χ4n) is 4.21. The fraction of sp³-hybridized carbons (Fsp3) is 0.280. The lowest BCUT2D eigenvalue weighted by molar-refractivity contribution is 0.0923. The Morgan fingerprint density at radius 2 is 1.97 bits per heavy atom. The fourth-order valence-corrected chi connectivity index (χ4v) is 4.44. The summed E-state index contributed by atoms with van der Waals surface area (Å²) in [5, 5.41) is 24.7. The molecule has 0 aliphatic carbocycles. The number of likely N-dealkylation sites (tertiary alicyclic amines) is 1. The minimum absolute atomic E-state index is 0.129. The number of benzene rings is 2. The van der Waals surface area contributed by atoms with Crippen LogP contribution in [0.25, 0.3) is 22.2 Å². The second kappa shape index (κ2) is 9.89. The normalized spacial score (nSPS) is 13.9. The van der Waals surface area contributed by atoms with Crippen LogP contribution in [0.2, 0.25) is 5.02 Å². The number of rotatable bonds is 7. The molecule has 0 spiro atoms. The zero-order chi connectivity index (χ0) is 24.4. The number of aromatic nitrogens is 3. The minimum atomic E-state index is -0.260. The van der Waals surface area contributed by atoms with Crippen LogP contribution in [0.5, 0.6) is 5.75 Å². The number of carbonyl (C=O) groups excluding carboxylic acids is 1. The Morgan fingerprint density at radius 1 is 1.14 bits per heavy atom. The summed E-state index contributed by atoms with van der Waals surface area (Å²) in [4.78, 5) is 19.3. The number of aryl methyl sites for hydroxylation is 1. The third-order valence-electron chi connectivity index (χ3n) is 5.99. The van der Waals surface area contributed by atoms with Gasteiger partial charge in [-0.2, -0.15) is 0 Å². The summed E-state index contributed by atoms with van der Waals surface area (Å²) in [6.07, 6.45) is 2.44. The average Bonchev–Trinajstić information content (AvgIpc) is 3.53. The number of hydrogen-bond donors (Lipinski definition) is 3. The molecule has 180 valence electrons. The van der Waals surface area contributed by atoms with E-state index in [1.807, 2.05) is 19.1 Å². The Morgan fingerprint density at radius 3 is 2.80 bits per heavy atom. The van der Waals surface area contributed by atoms with Crippen LogP contribution in [0.3, 0.4) is 0 Å². The van der Waals surface area contributed by atoms with Crippen LogP contribution >= 0.6 is 11.6 Å². The smallest absolute Gasteiger partial charge is 0.287 e. The van der Waals surface area contributed by atoms with Crippen molar-refractivity contribution in [2.75, 3.05) is 31.5 Å². The van der Waals surface area contributed by atoms with Crippen LogP contribution in [-0.2, 0) is 0 Å². The van der Waals surface area contributed by atoms with Gasteiger partial charge in [0.05, 0.1) is 5.52 Å². The molecule has 1 fully saturated rings. The Balaban J connectivity index is 1.28. The highest BCUT2D eigenvalue weighted by atomic mass is 35.5. The largest absolute Gasteiger partial charge is 0.508 e. The zero-order valence-electron chi connectivity index (χ0n) is 19.2. The van der Waals surface area contributed by atoms with Crippen molar-refractivity contribution in [3.63, 3.8) is 0 Å². The summed E-state index contributed by atoms with van der Waals surface area (Å²) >= 11 is 6.32. The summed E-state index contributed by atoms with van der Waals surface area (Å²) in [6.45, 7) is 5.52. The van der Waals surface area contributed by atoms with E-state index in [4.69, 9.17) is 16.0 Å². The summed E-state index contributed by atoms with van der Waals surface area (Å²) in [5.41, 5.74) is 3.62. The van der Waals surface area contributed by atoms with Crippen LogP contribution in [0, 0.1) is 6.92 Å². The van der Waals surface area contributed by atoms with Crippen molar-refractivity contribution in [2.24, 2.45) is 0 Å². The minimum Gasteiger partial charge on any atom is -0.508 e. The van der Waals surface area contributed by atoms with E-state index < -0.39 is 0 Å². The van der Waals surface area contributed by atoms with Gasteiger partial charge in [0, 0.05) is 29.7 Å². The van der Waals surface area contributed by atoms with Crippen molar-refractivity contribution in [3.05, 3.63) is 58.8 Å². The molecular weight excluding hydrogens is 468 g/mol. The number of aromatic hydroxyl groups is 1. The van der Waals surface area contributed by atoms with Gasteiger partial charge in [-0.25, -0.2) is 4.98 Å². The monoisotopic (exact) mass is 492 g/mol. The molecule has 0 saturated carbocycles. The second-order valence-corrected chi connectivity index (χ2v) is 8.96. The molecule has 0 unspecified atom stereocenters.